The Morgan fingerprint density at radius 1 is 1.23 bits per heavy atom. The molecule has 160 valence electrons. The predicted octanol–water partition coefficient (Wildman–Crippen LogP) is 1.23. The van der Waals surface area contributed by atoms with Gasteiger partial charge >= 0.3 is 11.9 Å². The lowest BCUT2D eigenvalue weighted by Gasteiger charge is -2.28. The molecule has 2 aliphatic rings. The van der Waals surface area contributed by atoms with Crippen molar-refractivity contribution in [2.45, 2.75) is 31.8 Å². The molecule has 0 unspecified atom stereocenters. The smallest absolute Gasteiger partial charge is 0.301 e. The van der Waals surface area contributed by atoms with Crippen molar-refractivity contribution in [2.24, 2.45) is 0 Å². The predicted molar refractivity (Wildman–Crippen MR) is 102 cm³/mol. The van der Waals surface area contributed by atoms with Gasteiger partial charge in [-0.2, -0.15) is 0 Å². The minimum Gasteiger partial charge on any atom is -0.492 e. The number of carbonyl (C=O) groups excluding carboxylic acids is 1. The molecular weight excluding hydrogens is 400 g/mol. The van der Waals surface area contributed by atoms with Crippen LogP contribution in [0.2, 0.25) is 0 Å². The number of hydrogen-bond donors (Lipinski definition) is 2. The number of nitro groups is 1. The van der Waals surface area contributed by atoms with E-state index in [0.29, 0.717) is 0 Å². The Morgan fingerprint density at radius 3 is 2.53 bits per heavy atom. The summed E-state index contributed by atoms with van der Waals surface area (Å²) >= 11 is 0. The molecule has 1 aromatic heterocycles. The summed E-state index contributed by atoms with van der Waals surface area (Å²) < 4.78 is 23.2. The van der Waals surface area contributed by atoms with Crippen LogP contribution in [-0.2, 0) is 4.79 Å². The van der Waals surface area contributed by atoms with Crippen LogP contribution < -0.4 is 29.8 Å². The first kappa shape index (κ1) is 19.6. The zero-order chi connectivity index (χ0) is 21.7. The fourth-order valence-corrected chi connectivity index (χ4v) is 3.95. The van der Waals surface area contributed by atoms with E-state index in [0.717, 1.165) is 0 Å². The molecule has 3 heterocycles. The van der Waals surface area contributed by atoms with Gasteiger partial charge in [0, 0.05) is 16.5 Å². The lowest BCUT2D eigenvalue weighted by atomic mass is 9.82. The lowest BCUT2D eigenvalue weighted by molar-refractivity contribution is -0.509. The summed E-state index contributed by atoms with van der Waals surface area (Å²) in [6.45, 7) is 3.54. The number of H-pyrrole nitrogens is 1. The maximum absolute atomic E-state index is 12.9. The van der Waals surface area contributed by atoms with Crippen LogP contribution in [0.1, 0.15) is 36.9 Å². The monoisotopic (exact) mass is 420 g/mol. The summed E-state index contributed by atoms with van der Waals surface area (Å²) in [7, 11) is 2.74. The summed E-state index contributed by atoms with van der Waals surface area (Å²) in [5.41, 5.74) is -0.276. The first-order valence-electron chi connectivity index (χ1n) is 9.13. The van der Waals surface area contributed by atoms with Gasteiger partial charge in [0.05, 0.1) is 25.7 Å². The lowest BCUT2D eigenvalue weighted by Crippen LogP contribution is -2.45. The molecule has 2 aromatic rings. The summed E-state index contributed by atoms with van der Waals surface area (Å²) in [4.78, 5) is 36.8. The highest BCUT2D eigenvalue weighted by molar-refractivity contribution is 5.98. The molecule has 2 atom stereocenters. The molecular formula is C18H20N4O8. The van der Waals surface area contributed by atoms with Crippen LogP contribution >= 0.6 is 0 Å². The summed E-state index contributed by atoms with van der Waals surface area (Å²) in [5.74, 6) is -1.06. The number of aromatic nitrogens is 2. The molecule has 2 aliphatic heterocycles. The molecule has 0 saturated heterocycles. The summed E-state index contributed by atoms with van der Waals surface area (Å²) in [5, 5.41) is 17.0. The molecule has 0 spiro atoms. The molecule has 1 amide bonds. The van der Waals surface area contributed by atoms with Crippen molar-refractivity contribution in [1.82, 2.24) is 9.78 Å². The third-order valence-corrected chi connectivity index (χ3v) is 5.19. The Bertz CT molecular complexity index is 1100. The van der Waals surface area contributed by atoms with Crippen LogP contribution in [0.3, 0.4) is 0 Å². The van der Waals surface area contributed by atoms with Gasteiger partial charge in [0.25, 0.3) is 5.56 Å². The van der Waals surface area contributed by atoms with E-state index in [9.17, 15) is 19.7 Å². The van der Waals surface area contributed by atoms with Crippen LogP contribution in [-0.4, -0.2) is 47.7 Å². The Morgan fingerprint density at radius 2 is 1.93 bits per heavy atom. The zero-order valence-electron chi connectivity index (χ0n) is 16.7. The summed E-state index contributed by atoms with van der Waals surface area (Å²) in [6, 6.07) is -0.484. The van der Waals surface area contributed by atoms with Gasteiger partial charge in [0.15, 0.2) is 11.5 Å². The second-order valence-corrected chi connectivity index (χ2v) is 7.13. The normalized spacial score (nSPS) is 19.4. The van der Waals surface area contributed by atoms with Gasteiger partial charge in [0.1, 0.15) is 5.82 Å². The van der Waals surface area contributed by atoms with Gasteiger partial charge in [0.2, 0.25) is 18.3 Å². The van der Waals surface area contributed by atoms with Crippen LogP contribution in [0.25, 0.3) is 0 Å². The molecule has 2 N–H and O–H groups in total. The Kier molecular flexibility index (Phi) is 4.56. The fraction of sp³-hybridized carbons (Fsp3) is 0.444. The number of rotatable bonds is 5. The van der Waals surface area contributed by atoms with Crippen LogP contribution in [0.15, 0.2) is 10.9 Å². The number of aromatic amines is 1. The number of amides is 1. The number of ether oxygens (including phenoxy) is 4. The van der Waals surface area contributed by atoms with E-state index in [1.807, 2.05) is 0 Å². The van der Waals surface area contributed by atoms with Crippen molar-refractivity contribution in [2.75, 3.05) is 26.3 Å². The van der Waals surface area contributed by atoms with E-state index in [1.165, 1.54) is 25.0 Å². The third kappa shape index (κ3) is 2.67. The van der Waals surface area contributed by atoms with Crippen LogP contribution in [0, 0.1) is 10.1 Å². The van der Waals surface area contributed by atoms with Crippen molar-refractivity contribution in [3.63, 3.8) is 0 Å². The number of methoxy groups -OCH3 is 2. The number of hydrogen-bond acceptors (Lipinski definition) is 8. The Labute approximate surface area is 169 Å². The van der Waals surface area contributed by atoms with Gasteiger partial charge in [-0.25, -0.2) is 0 Å². The summed E-state index contributed by atoms with van der Waals surface area (Å²) in [6.07, 6.45) is 0. The van der Waals surface area contributed by atoms with E-state index in [1.54, 1.807) is 13.8 Å². The quantitative estimate of drug-likeness (QED) is 0.542. The fourth-order valence-electron chi connectivity index (χ4n) is 3.95. The van der Waals surface area contributed by atoms with Crippen molar-refractivity contribution in [3.05, 3.63) is 37.7 Å². The van der Waals surface area contributed by atoms with Gasteiger partial charge < -0.3 is 24.3 Å². The highest BCUT2D eigenvalue weighted by atomic mass is 16.7. The average Bonchev–Trinajstić information content (AvgIpc) is 3.29. The molecule has 4 rings (SSSR count). The molecule has 0 radical (unpaired) electrons. The maximum atomic E-state index is 12.9. The number of anilines is 1. The van der Waals surface area contributed by atoms with Crippen molar-refractivity contribution in [3.8, 4) is 23.0 Å². The number of nitrogens with zero attached hydrogens (tertiary/aromatic N) is 2. The number of fused-ring (bicyclic) bond motifs is 2. The first-order chi connectivity index (χ1) is 14.3. The van der Waals surface area contributed by atoms with Crippen molar-refractivity contribution >= 4 is 11.7 Å². The maximum Gasteiger partial charge on any atom is 0.301 e. The molecule has 12 heteroatoms. The molecule has 0 fully saturated rings. The SMILES string of the molecule is COc1c([C@@H]2c3c(n(C(C)C)[nH]c3=O)NC(=O)[C@H]2[N+](=O)[O-])cc2c(c1OC)OCO2. The van der Waals surface area contributed by atoms with Gasteiger partial charge in [-0.1, -0.05) is 0 Å². The molecule has 0 saturated carbocycles. The van der Waals surface area contributed by atoms with Crippen molar-refractivity contribution < 1.29 is 28.7 Å². The van der Waals surface area contributed by atoms with E-state index in [-0.39, 0.29) is 52.8 Å². The Balaban J connectivity index is 2.05. The van der Waals surface area contributed by atoms with Gasteiger partial charge in [-0.3, -0.25) is 29.5 Å². The largest absolute Gasteiger partial charge is 0.492 e. The molecule has 1 aromatic carbocycles. The van der Waals surface area contributed by atoms with E-state index >= 15 is 0 Å². The first-order valence-corrected chi connectivity index (χ1v) is 9.13. The minimum absolute atomic E-state index is 0.0595. The second kappa shape index (κ2) is 6.97. The molecule has 0 bridgehead atoms. The number of carbonyl (C=O) groups is 1. The molecule has 12 nitrogen and oxygen atoms in total. The van der Waals surface area contributed by atoms with E-state index in [4.69, 9.17) is 18.9 Å². The standard InChI is InChI=1S/C18H20N4O8/c1-7(2)21-16-11(17(23)20-21)10(12(22(25)26)18(24)19-16)8-5-9-14(30-6-29-9)15(28-4)13(8)27-3/h5,7,10,12H,6H2,1-4H3,(H,19,24)(H,20,23)/t10-,12+/m1/s1. The highest BCUT2D eigenvalue weighted by Crippen LogP contribution is 2.53. The number of benzene rings is 1. The minimum atomic E-state index is -1.76. The molecule has 0 aliphatic carbocycles. The van der Waals surface area contributed by atoms with E-state index < -0.39 is 28.3 Å². The van der Waals surface area contributed by atoms with Gasteiger partial charge in [-0.05, 0) is 19.9 Å². The van der Waals surface area contributed by atoms with Crippen molar-refractivity contribution in [1.29, 1.82) is 0 Å². The number of nitrogens with one attached hydrogen (secondary N) is 2. The van der Waals surface area contributed by atoms with Crippen LogP contribution in [0.4, 0.5) is 5.82 Å². The second-order valence-electron chi connectivity index (χ2n) is 7.13. The van der Waals surface area contributed by atoms with Crippen LogP contribution in [0.5, 0.6) is 23.0 Å². The highest BCUT2D eigenvalue weighted by Gasteiger charge is 2.50. The zero-order valence-corrected chi connectivity index (χ0v) is 16.7. The average molecular weight is 420 g/mol. The third-order valence-electron chi connectivity index (χ3n) is 5.19. The van der Waals surface area contributed by atoms with E-state index in [2.05, 4.69) is 10.4 Å². The molecule has 30 heavy (non-hydrogen) atoms. The van der Waals surface area contributed by atoms with Gasteiger partial charge in [-0.15, -0.1) is 0 Å². The topological polar surface area (TPSA) is 147 Å². The Hall–Kier alpha value is -3.70.